The summed E-state index contributed by atoms with van der Waals surface area (Å²) in [6.07, 6.45) is -11.8. The predicted octanol–water partition coefficient (Wildman–Crippen LogP) is 10.3. The molecule has 0 bridgehead atoms. The van der Waals surface area contributed by atoms with E-state index in [0.29, 0.717) is 92.4 Å². The van der Waals surface area contributed by atoms with Crippen molar-refractivity contribution in [1.29, 1.82) is 0 Å². The number of rotatable bonds is 19. The molecule has 2 amide bonds. The highest BCUT2D eigenvalue weighted by molar-refractivity contribution is 7.13. The number of alkyl halides is 8. The van der Waals surface area contributed by atoms with Crippen LogP contribution in [-0.4, -0.2) is 87.1 Å². The molecule has 12 nitrogen and oxygen atoms in total. The van der Waals surface area contributed by atoms with Gasteiger partial charge in [-0.2, -0.15) is 26.3 Å². The lowest BCUT2D eigenvalue weighted by Crippen LogP contribution is -2.40. The fourth-order valence-corrected chi connectivity index (χ4v) is 10.00. The van der Waals surface area contributed by atoms with E-state index in [2.05, 4.69) is 15.4 Å². The summed E-state index contributed by atoms with van der Waals surface area (Å²) in [5.74, 6) is -2.23. The Balaban J connectivity index is 0.000000217. The summed E-state index contributed by atoms with van der Waals surface area (Å²) in [6.45, 7) is 1.24. The van der Waals surface area contributed by atoms with Crippen LogP contribution in [0.4, 0.5) is 46.5 Å². The monoisotopic (exact) mass is 1070 g/mol. The van der Waals surface area contributed by atoms with Crippen LogP contribution in [0.3, 0.4) is 0 Å². The molecule has 0 saturated heterocycles. The lowest BCUT2D eigenvalue weighted by molar-refractivity contribution is -0.149. The minimum Gasteiger partial charge on any atom is -0.488 e. The van der Waals surface area contributed by atoms with Crippen molar-refractivity contribution in [3.63, 3.8) is 0 Å². The lowest BCUT2D eigenvalue weighted by Gasteiger charge is -2.18. The highest BCUT2D eigenvalue weighted by Gasteiger charge is 2.38. The second-order valence-corrected chi connectivity index (χ2v) is 18.9. The molecular formula is C52H48F8N4O8S2. The van der Waals surface area contributed by atoms with Gasteiger partial charge in [-0.25, -0.2) is 18.4 Å². The van der Waals surface area contributed by atoms with Crippen LogP contribution in [0.25, 0.3) is 22.3 Å². The van der Waals surface area contributed by atoms with Gasteiger partial charge in [0.2, 0.25) is 24.2 Å². The van der Waals surface area contributed by atoms with Crippen LogP contribution in [0.1, 0.15) is 37.6 Å². The van der Waals surface area contributed by atoms with Gasteiger partial charge in [0, 0.05) is 58.4 Å². The highest BCUT2D eigenvalue weighted by atomic mass is 32.1. The van der Waals surface area contributed by atoms with Crippen molar-refractivity contribution in [3.05, 3.63) is 140 Å². The Morgan fingerprint density at radius 1 is 0.622 bits per heavy atom. The Morgan fingerprint density at radius 3 is 1.43 bits per heavy atom. The van der Waals surface area contributed by atoms with Crippen LogP contribution in [-0.2, 0) is 62.3 Å². The van der Waals surface area contributed by atoms with Gasteiger partial charge >= 0.3 is 24.3 Å². The molecule has 0 saturated carbocycles. The average molecular weight is 1070 g/mol. The minimum absolute atomic E-state index is 0.0310. The van der Waals surface area contributed by atoms with Crippen LogP contribution >= 0.6 is 22.7 Å². The van der Waals surface area contributed by atoms with E-state index >= 15 is 0 Å². The fourth-order valence-electron chi connectivity index (χ4n) is 8.08. The van der Waals surface area contributed by atoms with Gasteiger partial charge < -0.3 is 39.8 Å². The third-order valence-electron chi connectivity index (χ3n) is 11.5. The van der Waals surface area contributed by atoms with Crippen LogP contribution in [0.5, 0.6) is 11.5 Å². The summed E-state index contributed by atoms with van der Waals surface area (Å²) >= 11 is 1.31. The molecule has 2 atom stereocenters. The van der Waals surface area contributed by atoms with Crippen LogP contribution in [0.15, 0.2) is 109 Å². The first-order chi connectivity index (χ1) is 35.3. The van der Waals surface area contributed by atoms with Crippen molar-refractivity contribution in [2.24, 2.45) is 0 Å². The molecular weight excluding hydrogens is 1020 g/mol. The second kappa shape index (κ2) is 24.4. The number of nitrogens with zero attached hydrogens (tertiary/aromatic N) is 2. The number of thiophene rings is 2. The Hall–Kier alpha value is -6.88. The van der Waals surface area contributed by atoms with Crippen LogP contribution < -0.4 is 29.9 Å². The van der Waals surface area contributed by atoms with E-state index in [1.54, 1.807) is 109 Å². The molecule has 2 aromatic heterocycles. The largest absolute Gasteiger partial charge is 0.488 e. The summed E-state index contributed by atoms with van der Waals surface area (Å²) in [6, 6.07) is 30.0. The molecule has 2 aliphatic heterocycles. The van der Waals surface area contributed by atoms with Gasteiger partial charge in [0.1, 0.15) is 34.5 Å². The number of esters is 1. The molecule has 0 radical (unpaired) electrons. The molecule has 4 heterocycles. The van der Waals surface area contributed by atoms with Gasteiger partial charge in [-0.15, -0.1) is 22.7 Å². The average Bonchev–Trinajstić information content (AvgIpc) is 4.20. The smallest absolute Gasteiger partial charge is 0.426 e. The molecule has 392 valence electrons. The maximum atomic E-state index is 13.7. The molecule has 2 aliphatic rings. The zero-order valence-corrected chi connectivity index (χ0v) is 41.0. The number of aliphatic carboxylic acids is 1. The number of ether oxygens (including phenoxy) is 3. The zero-order valence-electron chi connectivity index (χ0n) is 39.4. The summed E-state index contributed by atoms with van der Waals surface area (Å²) in [5.41, 5.74) is 4.25. The molecule has 74 heavy (non-hydrogen) atoms. The first kappa shape index (κ1) is 54.9. The Kier molecular flexibility index (Phi) is 18.1. The van der Waals surface area contributed by atoms with Crippen molar-refractivity contribution in [3.8, 4) is 33.8 Å². The number of benzene rings is 4. The van der Waals surface area contributed by atoms with E-state index in [4.69, 9.17) is 14.6 Å². The third-order valence-corrected chi connectivity index (χ3v) is 13.8. The molecule has 2 unspecified atom stereocenters. The number of halogens is 8. The van der Waals surface area contributed by atoms with Crippen molar-refractivity contribution in [2.75, 3.05) is 55.7 Å². The number of anilines is 2. The fraction of sp³-hybridized carbons (Fsp3) is 0.308. The van der Waals surface area contributed by atoms with E-state index in [1.807, 2.05) is 0 Å². The number of carboxylic acid groups (broad SMARTS) is 1. The van der Waals surface area contributed by atoms with E-state index in [1.165, 1.54) is 17.0 Å². The van der Waals surface area contributed by atoms with Crippen molar-refractivity contribution in [1.82, 2.24) is 10.6 Å². The van der Waals surface area contributed by atoms with E-state index in [-0.39, 0.29) is 62.4 Å². The van der Waals surface area contributed by atoms with E-state index in [0.717, 1.165) is 11.1 Å². The van der Waals surface area contributed by atoms with E-state index < -0.39 is 52.9 Å². The topological polar surface area (TPSA) is 147 Å². The maximum absolute atomic E-state index is 13.7. The lowest BCUT2D eigenvalue weighted by atomic mass is 10.1. The maximum Gasteiger partial charge on any atom is 0.426 e. The molecule has 8 rings (SSSR count). The van der Waals surface area contributed by atoms with Gasteiger partial charge in [0.25, 0.3) is 0 Å². The van der Waals surface area contributed by atoms with E-state index in [9.17, 15) is 54.3 Å². The normalized spacial score (nSPS) is 13.9. The number of carbonyl (C=O) groups is 4. The molecule has 6 aromatic rings. The Morgan fingerprint density at radius 2 is 1.04 bits per heavy atom. The van der Waals surface area contributed by atoms with Gasteiger partial charge in [-0.1, -0.05) is 60.7 Å². The molecule has 3 N–H and O–H groups in total. The highest BCUT2D eigenvalue weighted by Crippen LogP contribution is 2.45. The zero-order chi connectivity index (χ0) is 53.2. The number of fused-ring (bicyclic) bond motifs is 2. The summed E-state index contributed by atoms with van der Waals surface area (Å²) in [5, 5.41) is 13.7. The molecule has 0 fully saturated rings. The molecule has 22 heteroatoms. The second-order valence-electron chi connectivity index (χ2n) is 16.7. The van der Waals surface area contributed by atoms with Gasteiger partial charge in [0.05, 0.1) is 19.7 Å². The number of hydrogen-bond donors (Lipinski definition) is 3. The standard InChI is InChI=1S/C27H26F4N2O4S.C25H22F4N2O4S/c1-2-36-26(35)22(28)14-32-15-24(34)33-11-10-18-12-19(8-9-23(18)33)37-16-20-13-21(17-6-4-3-5-7-17)25(38-20)27(29,30)31;26-20(24(33)34)12-30-13-22(32)31-9-8-16-10-17(6-7-21(16)31)35-14-18-11-19(15-4-2-1-3-5-15)23(36-18)25(27,28)29/h3-9,12-13,22,32H,2,10-11,14-16H2,1H3;1-7,10-11,20,30H,8-9,12-14H2,(H,33,34). The number of nitrogens with one attached hydrogen (secondary N) is 2. The minimum atomic E-state index is -4.48. The summed E-state index contributed by atoms with van der Waals surface area (Å²) < 4.78 is 125. The van der Waals surface area contributed by atoms with Gasteiger partial charge in [-0.05, 0) is 90.6 Å². The summed E-state index contributed by atoms with van der Waals surface area (Å²) in [4.78, 5) is 49.5. The third kappa shape index (κ3) is 14.0. The van der Waals surface area contributed by atoms with Crippen molar-refractivity contribution in [2.45, 2.75) is 57.7 Å². The van der Waals surface area contributed by atoms with Gasteiger partial charge in [-0.3, -0.25) is 9.59 Å². The number of carbonyl (C=O) groups excluding carboxylic acids is 3. The molecule has 0 aliphatic carbocycles. The molecule has 0 spiro atoms. The molecule has 4 aromatic carbocycles. The van der Waals surface area contributed by atoms with Crippen LogP contribution in [0, 0.1) is 0 Å². The Labute approximate surface area is 427 Å². The first-order valence-corrected chi connectivity index (χ1v) is 24.7. The predicted molar refractivity (Wildman–Crippen MR) is 263 cm³/mol. The quantitative estimate of drug-likeness (QED) is 0.0529. The number of amides is 2. The van der Waals surface area contributed by atoms with Gasteiger partial charge in [0.15, 0.2) is 0 Å². The van der Waals surface area contributed by atoms with Crippen molar-refractivity contribution < 1.29 is 73.6 Å². The van der Waals surface area contributed by atoms with Crippen molar-refractivity contribution >= 4 is 57.8 Å². The first-order valence-electron chi connectivity index (χ1n) is 23.0. The number of hydrogen-bond acceptors (Lipinski definition) is 11. The van der Waals surface area contributed by atoms with Crippen LogP contribution in [0.2, 0.25) is 0 Å². The SMILES string of the molecule is CCOC(=O)C(F)CNCC(=O)N1CCc2cc(OCc3cc(-c4ccccc4)c(C(F)(F)F)s3)ccc21.O=C(O)C(F)CNCC(=O)N1CCc2cc(OCc3cc(-c4ccccc4)c(C(F)(F)F)s3)ccc21. The summed E-state index contributed by atoms with van der Waals surface area (Å²) in [7, 11) is 0. The number of carboxylic acids is 1. The Bertz CT molecular complexity index is 2920.